The van der Waals surface area contributed by atoms with Gasteiger partial charge < -0.3 is 11.1 Å². The van der Waals surface area contributed by atoms with Crippen LogP contribution in [0.1, 0.15) is 25.1 Å². The molecule has 4 nitrogen and oxygen atoms in total. The Hall–Kier alpha value is -1.38. The minimum absolute atomic E-state index is 0.00229. The fourth-order valence-corrected chi connectivity index (χ4v) is 1.64. The van der Waals surface area contributed by atoms with Crippen molar-refractivity contribution in [2.24, 2.45) is 11.7 Å². The maximum absolute atomic E-state index is 11.6. The molecule has 0 radical (unpaired) electrons. The van der Waals surface area contributed by atoms with E-state index in [1.807, 2.05) is 13.8 Å². The van der Waals surface area contributed by atoms with Crippen LogP contribution in [0, 0.1) is 17.8 Å². The average Bonchev–Trinajstić information content (AvgIpc) is 2.72. The van der Waals surface area contributed by atoms with Crippen molar-refractivity contribution in [1.29, 1.82) is 0 Å². The Morgan fingerprint density at radius 1 is 1.75 bits per heavy atom. The minimum atomic E-state index is -0.00446. The van der Waals surface area contributed by atoms with Crippen molar-refractivity contribution in [3.05, 3.63) is 11.1 Å². The highest BCUT2D eigenvalue weighted by atomic mass is 32.1. The Morgan fingerprint density at radius 2 is 2.50 bits per heavy atom. The molecule has 0 saturated carbocycles. The molecule has 0 aromatic carbocycles. The maximum Gasteiger partial charge on any atom is 0.228 e. The van der Waals surface area contributed by atoms with Gasteiger partial charge in [-0.1, -0.05) is 37.0 Å². The molecule has 0 bridgehead atoms. The van der Waals surface area contributed by atoms with Gasteiger partial charge in [-0.25, -0.2) is 4.98 Å². The van der Waals surface area contributed by atoms with Crippen LogP contribution in [-0.4, -0.2) is 17.4 Å². The lowest BCUT2D eigenvalue weighted by molar-refractivity contribution is -0.119. The summed E-state index contributed by atoms with van der Waals surface area (Å²) < 4.78 is 0. The van der Waals surface area contributed by atoms with Crippen LogP contribution in [0.15, 0.2) is 6.20 Å². The van der Waals surface area contributed by atoms with Gasteiger partial charge in [-0.2, -0.15) is 0 Å². The third-order valence-corrected chi connectivity index (χ3v) is 2.94. The standard InChI is InChI=1S/C11H15N3OS/c1-3-8(2)10(15)14-11-13-7-9(16-11)5-4-6-12/h7-8H,3,6,12H2,1-2H3,(H,13,14,15). The summed E-state index contributed by atoms with van der Waals surface area (Å²) in [7, 11) is 0. The molecular formula is C11H15N3OS. The molecule has 3 N–H and O–H groups in total. The zero-order valence-electron chi connectivity index (χ0n) is 9.41. The zero-order valence-corrected chi connectivity index (χ0v) is 10.2. The van der Waals surface area contributed by atoms with Crippen molar-refractivity contribution in [2.45, 2.75) is 20.3 Å². The number of aromatic nitrogens is 1. The summed E-state index contributed by atoms with van der Waals surface area (Å²) in [6, 6.07) is 0. The van der Waals surface area contributed by atoms with E-state index in [4.69, 9.17) is 5.73 Å². The van der Waals surface area contributed by atoms with E-state index >= 15 is 0 Å². The number of amides is 1. The Bertz CT molecular complexity index is 416. The fourth-order valence-electron chi connectivity index (χ4n) is 0.942. The van der Waals surface area contributed by atoms with Gasteiger partial charge >= 0.3 is 0 Å². The molecular weight excluding hydrogens is 222 g/mol. The fraction of sp³-hybridized carbons (Fsp3) is 0.455. The topological polar surface area (TPSA) is 68.0 Å². The summed E-state index contributed by atoms with van der Waals surface area (Å²) in [5.74, 6) is 5.61. The molecule has 1 aromatic heterocycles. The van der Waals surface area contributed by atoms with Gasteiger partial charge in [-0.05, 0) is 6.42 Å². The number of carbonyl (C=O) groups excluding carboxylic acids is 1. The first-order valence-electron chi connectivity index (χ1n) is 5.13. The molecule has 0 aliphatic heterocycles. The summed E-state index contributed by atoms with van der Waals surface area (Å²) in [4.78, 5) is 16.4. The summed E-state index contributed by atoms with van der Waals surface area (Å²) in [6.07, 6.45) is 2.45. The maximum atomic E-state index is 11.6. The van der Waals surface area contributed by atoms with Crippen LogP contribution in [-0.2, 0) is 4.79 Å². The third-order valence-electron chi connectivity index (χ3n) is 2.11. The Kier molecular flexibility index (Phi) is 4.96. The minimum Gasteiger partial charge on any atom is -0.320 e. The molecule has 5 heteroatoms. The second-order valence-electron chi connectivity index (χ2n) is 3.33. The van der Waals surface area contributed by atoms with Gasteiger partial charge in [0, 0.05) is 5.92 Å². The van der Waals surface area contributed by atoms with E-state index in [2.05, 4.69) is 22.1 Å². The van der Waals surface area contributed by atoms with Crippen molar-refractivity contribution in [1.82, 2.24) is 4.98 Å². The molecule has 0 aliphatic rings. The summed E-state index contributed by atoms with van der Waals surface area (Å²) in [5.41, 5.74) is 5.26. The SMILES string of the molecule is CCC(C)C(=O)Nc1ncc(C#CCN)s1. The number of nitrogens with zero attached hydrogens (tertiary/aromatic N) is 1. The first kappa shape index (κ1) is 12.7. The predicted octanol–water partition coefficient (Wildman–Crippen LogP) is 1.44. The first-order valence-corrected chi connectivity index (χ1v) is 5.94. The second-order valence-corrected chi connectivity index (χ2v) is 4.36. The first-order chi connectivity index (χ1) is 7.67. The smallest absolute Gasteiger partial charge is 0.228 e. The van der Waals surface area contributed by atoms with E-state index in [9.17, 15) is 4.79 Å². The summed E-state index contributed by atoms with van der Waals surface area (Å²) in [6.45, 7) is 4.19. The van der Waals surface area contributed by atoms with E-state index < -0.39 is 0 Å². The van der Waals surface area contributed by atoms with Gasteiger partial charge in [0.1, 0.15) is 0 Å². The van der Waals surface area contributed by atoms with Crippen molar-refractivity contribution in [3.8, 4) is 11.8 Å². The molecule has 1 unspecified atom stereocenters. The largest absolute Gasteiger partial charge is 0.320 e. The van der Waals surface area contributed by atoms with Gasteiger partial charge in [0.25, 0.3) is 0 Å². The molecule has 0 spiro atoms. The van der Waals surface area contributed by atoms with E-state index in [0.717, 1.165) is 11.3 Å². The molecule has 1 heterocycles. The van der Waals surface area contributed by atoms with Gasteiger partial charge in [0.15, 0.2) is 5.13 Å². The number of carbonyl (C=O) groups is 1. The van der Waals surface area contributed by atoms with Crippen LogP contribution in [0.25, 0.3) is 0 Å². The second kappa shape index (κ2) is 6.26. The van der Waals surface area contributed by atoms with Crippen LogP contribution in [0.5, 0.6) is 0 Å². The summed E-state index contributed by atoms with van der Waals surface area (Å²) in [5, 5.41) is 3.35. The quantitative estimate of drug-likeness (QED) is 0.782. The predicted molar refractivity (Wildman–Crippen MR) is 66.1 cm³/mol. The third kappa shape index (κ3) is 3.65. The number of thiazole rings is 1. The summed E-state index contributed by atoms with van der Waals surface area (Å²) >= 11 is 1.36. The number of nitrogens with two attached hydrogens (primary N) is 1. The monoisotopic (exact) mass is 237 g/mol. The molecule has 0 saturated heterocycles. The molecule has 1 rings (SSSR count). The van der Waals surface area contributed by atoms with Crippen molar-refractivity contribution < 1.29 is 4.79 Å². The highest BCUT2D eigenvalue weighted by molar-refractivity contribution is 7.16. The number of hydrogen-bond acceptors (Lipinski definition) is 4. The van der Waals surface area contributed by atoms with E-state index in [0.29, 0.717) is 11.7 Å². The van der Waals surface area contributed by atoms with E-state index in [-0.39, 0.29) is 11.8 Å². The normalized spacial score (nSPS) is 11.4. The zero-order chi connectivity index (χ0) is 12.0. The molecule has 16 heavy (non-hydrogen) atoms. The van der Waals surface area contributed by atoms with Gasteiger partial charge in [0.2, 0.25) is 5.91 Å². The Balaban J connectivity index is 2.62. The van der Waals surface area contributed by atoms with Crippen molar-refractivity contribution >= 4 is 22.4 Å². The number of anilines is 1. The van der Waals surface area contributed by atoms with Crippen LogP contribution < -0.4 is 11.1 Å². The molecule has 1 atom stereocenters. The van der Waals surface area contributed by atoms with Crippen LogP contribution >= 0.6 is 11.3 Å². The molecule has 1 aromatic rings. The highest BCUT2D eigenvalue weighted by Gasteiger charge is 2.11. The Labute approximate surface area is 99.3 Å². The van der Waals surface area contributed by atoms with E-state index in [1.54, 1.807) is 6.20 Å². The van der Waals surface area contributed by atoms with Gasteiger partial charge in [-0.3, -0.25) is 4.79 Å². The lowest BCUT2D eigenvalue weighted by Crippen LogP contribution is -2.19. The lowest BCUT2D eigenvalue weighted by atomic mass is 10.1. The van der Waals surface area contributed by atoms with Gasteiger partial charge in [0.05, 0.1) is 17.6 Å². The van der Waals surface area contributed by atoms with Crippen molar-refractivity contribution in [3.63, 3.8) is 0 Å². The Morgan fingerprint density at radius 3 is 3.12 bits per heavy atom. The highest BCUT2D eigenvalue weighted by Crippen LogP contribution is 2.18. The molecule has 0 aliphatic carbocycles. The van der Waals surface area contributed by atoms with Gasteiger partial charge in [-0.15, -0.1) is 0 Å². The lowest BCUT2D eigenvalue weighted by Gasteiger charge is -2.06. The van der Waals surface area contributed by atoms with E-state index in [1.165, 1.54) is 11.3 Å². The number of nitrogens with one attached hydrogen (secondary N) is 1. The molecule has 1 amide bonds. The van der Waals surface area contributed by atoms with Crippen LogP contribution in [0.2, 0.25) is 0 Å². The van der Waals surface area contributed by atoms with Crippen LogP contribution in [0.3, 0.4) is 0 Å². The molecule has 86 valence electrons. The van der Waals surface area contributed by atoms with Crippen molar-refractivity contribution in [2.75, 3.05) is 11.9 Å². The van der Waals surface area contributed by atoms with Crippen LogP contribution in [0.4, 0.5) is 5.13 Å². The number of hydrogen-bond donors (Lipinski definition) is 2. The average molecular weight is 237 g/mol. The molecule has 0 fully saturated rings. The number of rotatable bonds is 3.